The molecule has 2 aromatic rings. The molecule has 2 heterocycles. The molecular weight excluding hydrogens is 397 g/mol. The Morgan fingerprint density at radius 1 is 1.21 bits per heavy atom. The maximum Gasteiger partial charge on any atom is 0.416 e. The van der Waals surface area contributed by atoms with E-state index in [0.717, 1.165) is 12.1 Å². The molecular formula is C17H19F3N4O3S. The minimum Gasteiger partial charge on any atom is -0.383 e. The molecule has 0 spiro atoms. The van der Waals surface area contributed by atoms with E-state index >= 15 is 0 Å². The fourth-order valence-electron chi connectivity index (χ4n) is 2.84. The van der Waals surface area contributed by atoms with Gasteiger partial charge in [-0.15, -0.1) is 0 Å². The maximum absolute atomic E-state index is 13.2. The molecule has 0 saturated carbocycles. The van der Waals surface area contributed by atoms with Crippen LogP contribution in [0.2, 0.25) is 0 Å². The molecule has 1 fully saturated rings. The van der Waals surface area contributed by atoms with E-state index in [2.05, 4.69) is 9.71 Å². The molecule has 1 aliphatic rings. The van der Waals surface area contributed by atoms with E-state index in [9.17, 15) is 21.6 Å². The molecule has 0 aliphatic carbocycles. The first kappa shape index (κ1) is 20.2. The number of rotatable bonds is 4. The van der Waals surface area contributed by atoms with Crippen LogP contribution in [0, 0.1) is 6.92 Å². The summed E-state index contributed by atoms with van der Waals surface area (Å²) in [5.74, 6) is -0.238. The van der Waals surface area contributed by atoms with E-state index in [1.54, 1.807) is 11.8 Å². The summed E-state index contributed by atoms with van der Waals surface area (Å²) in [6.45, 7) is 3.27. The number of benzene rings is 1. The van der Waals surface area contributed by atoms with Gasteiger partial charge in [-0.3, -0.25) is 4.72 Å². The van der Waals surface area contributed by atoms with E-state index in [-0.39, 0.29) is 16.4 Å². The average molecular weight is 416 g/mol. The molecule has 7 nitrogen and oxygen atoms in total. The monoisotopic (exact) mass is 416 g/mol. The van der Waals surface area contributed by atoms with Gasteiger partial charge in [-0.2, -0.15) is 13.2 Å². The maximum atomic E-state index is 13.2. The third kappa shape index (κ3) is 4.30. The number of nitrogens with zero attached hydrogens (tertiary/aromatic N) is 2. The molecule has 152 valence electrons. The SMILES string of the molecule is Cc1cnc(N)c(S(=O)(=O)Nc2cc(C(F)(F)F)ccc2N2CCOCC2)c1. The summed E-state index contributed by atoms with van der Waals surface area (Å²) < 4.78 is 72.7. The highest BCUT2D eigenvalue weighted by atomic mass is 32.2. The quantitative estimate of drug-likeness (QED) is 0.795. The van der Waals surface area contributed by atoms with Crippen molar-refractivity contribution in [1.82, 2.24) is 4.98 Å². The number of nitrogens with two attached hydrogens (primary N) is 1. The Morgan fingerprint density at radius 2 is 1.89 bits per heavy atom. The van der Waals surface area contributed by atoms with Crippen molar-refractivity contribution < 1.29 is 26.3 Å². The number of alkyl halides is 3. The van der Waals surface area contributed by atoms with Gasteiger partial charge in [-0.1, -0.05) is 0 Å². The third-order valence-electron chi connectivity index (χ3n) is 4.23. The van der Waals surface area contributed by atoms with Gasteiger partial charge < -0.3 is 15.4 Å². The Kier molecular flexibility index (Phi) is 5.39. The average Bonchev–Trinajstić information content (AvgIpc) is 2.63. The van der Waals surface area contributed by atoms with Gasteiger partial charge in [0.15, 0.2) is 0 Å². The Hall–Kier alpha value is -2.53. The van der Waals surface area contributed by atoms with E-state index < -0.39 is 21.8 Å². The van der Waals surface area contributed by atoms with Gasteiger partial charge in [0.25, 0.3) is 10.0 Å². The lowest BCUT2D eigenvalue weighted by Gasteiger charge is -2.31. The van der Waals surface area contributed by atoms with Crippen molar-refractivity contribution >= 4 is 27.2 Å². The minimum atomic E-state index is -4.62. The Labute approximate surface area is 160 Å². The van der Waals surface area contributed by atoms with Crippen LogP contribution in [0.1, 0.15) is 11.1 Å². The molecule has 1 aromatic heterocycles. The van der Waals surface area contributed by atoms with Crippen LogP contribution in [0.4, 0.5) is 30.4 Å². The molecule has 0 unspecified atom stereocenters. The molecule has 1 aromatic carbocycles. The zero-order chi connectivity index (χ0) is 20.5. The number of aryl methyl sites for hydroxylation is 1. The molecule has 0 bridgehead atoms. The minimum absolute atomic E-state index is 0.183. The number of hydrogen-bond donors (Lipinski definition) is 2. The Bertz CT molecular complexity index is 974. The number of halogens is 3. The number of pyridine rings is 1. The molecule has 3 rings (SSSR count). The summed E-state index contributed by atoms with van der Waals surface area (Å²) in [5, 5.41) is 0. The normalized spacial score (nSPS) is 15.5. The standard InChI is InChI=1S/C17H19F3N4O3S/c1-11-8-15(16(21)22-10-11)28(25,26)23-13-9-12(17(18,19)20)2-3-14(13)24-4-6-27-7-5-24/h2-3,8-10,23H,4-7H2,1H3,(H2,21,22). The lowest BCUT2D eigenvalue weighted by atomic mass is 10.1. The fraction of sp³-hybridized carbons (Fsp3) is 0.353. The van der Waals surface area contributed by atoms with Gasteiger partial charge in [-0.05, 0) is 36.8 Å². The van der Waals surface area contributed by atoms with Crippen molar-refractivity contribution in [3.05, 3.63) is 41.6 Å². The van der Waals surface area contributed by atoms with Crippen molar-refractivity contribution in [1.29, 1.82) is 0 Å². The van der Waals surface area contributed by atoms with Crippen LogP contribution in [0.5, 0.6) is 0 Å². The second kappa shape index (κ2) is 7.47. The second-order valence-corrected chi connectivity index (χ2v) is 7.98. The smallest absolute Gasteiger partial charge is 0.383 e. The first-order valence-corrected chi connectivity index (χ1v) is 9.85. The van der Waals surface area contributed by atoms with Crippen LogP contribution in [0.25, 0.3) is 0 Å². The van der Waals surface area contributed by atoms with E-state index in [1.807, 2.05) is 0 Å². The number of hydrogen-bond acceptors (Lipinski definition) is 6. The lowest BCUT2D eigenvalue weighted by Crippen LogP contribution is -2.37. The molecule has 28 heavy (non-hydrogen) atoms. The van der Waals surface area contributed by atoms with Gasteiger partial charge in [0.2, 0.25) is 0 Å². The van der Waals surface area contributed by atoms with Crippen molar-refractivity contribution in [2.24, 2.45) is 0 Å². The molecule has 11 heteroatoms. The first-order chi connectivity index (χ1) is 13.1. The topological polar surface area (TPSA) is 97.5 Å². The molecule has 0 amide bonds. The van der Waals surface area contributed by atoms with Crippen molar-refractivity contribution in [2.75, 3.05) is 41.7 Å². The molecule has 3 N–H and O–H groups in total. The van der Waals surface area contributed by atoms with Gasteiger partial charge in [0, 0.05) is 19.3 Å². The van der Waals surface area contributed by atoms with Gasteiger partial charge in [0.05, 0.1) is 30.2 Å². The summed E-state index contributed by atoms with van der Waals surface area (Å²) in [6.07, 6.45) is -3.22. The first-order valence-electron chi connectivity index (χ1n) is 8.37. The van der Waals surface area contributed by atoms with Gasteiger partial charge in [0.1, 0.15) is 10.7 Å². The summed E-state index contributed by atoms with van der Waals surface area (Å²) in [4.78, 5) is 5.28. The van der Waals surface area contributed by atoms with Gasteiger partial charge in [-0.25, -0.2) is 13.4 Å². The lowest BCUT2D eigenvalue weighted by molar-refractivity contribution is -0.137. The van der Waals surface area contributed by atoms with E-state index in [4.69, 9.17) is 10.5 Å². The zero-order valence-electron chi connectivity index (χ0n) is 15.0. The number of sulfonamides is 1. The number of anilines is 3. The highest BCUT2D eigenvalue weighted by Gasteiger charge is 2.32. The summed E-state index contributed by atoms with van der Waals surface area (Å²) in [5.41, 5.74) is 5.41. The number of ether oxygens (including phenoxy) is 1. The van der Waals surface area contributed by atoms with Crippen molar-refractivity contribution in [3.63, 3.8) is 0 Å². The van der Waals surface area contributed by atoms with Crippen molar-refractivity contribution in [3.8, 4) is 0 Å². The summed E-state index contributed by atoms with van der Waals surface area (Å²) in [7, 11) is -4.25. The fourth-order valence-corrected chi connectivity index (χ4v) is 4.07. The van der Waals surface area contributed by atoms with Crippen LogP contribution >= 0.6 is 0 Å². The Morgan fingerprint density at radius 3 is 2.54 bits per heavy atom. The molecule has 0 radical (unpaired) electrons. The highest BCUT2D eigenvalue weighted by Crippen LogP contribution is 2.37. The predicted molar refractivity (Wildman–Crippen MR) is 98.7 cm³/mol. The number of nitrogens with one attached hydrogen (secondary N) is 1. The van der Waals surface area contributed by atoms with Crippen LogP contribution in [0.3, 0.4) is 0 Å². The van der Waals surface area contributed by atoms with Gasteiger partial charge >= 0.3 is 6.18 Å². The van der Waals surface area contributed by atoms with Crippen LogP contribution < -0.4 is 15.4 Å². The van der Waals surface area contributed by atoms with Crippen molar-refractivity contribution in [2.45, 2.75) is 18.0 Å². The number of nitrogen functional groups attached to an aromatic ring is 1. The molecule has 1 saturated heterocycles. The van der Waals surface area contributed by atoms with E-state index in [0.29, 0.717) is 37.6 Å². The summed E-state index contributed by atoms with van der Waals surface area (Å²) >= 11 is 0. The van der Waals surface area contributed by atoms with Crippen LogP contribution in [-0.2, 0) is 20.9 Å². The highest BCUT2D eigenvalue weighted by molar-refractivity contribution is 7.92. The number of aromatic nitrogens is 1. The number of morpholine rings is 1. The Balaban J connectivity index is 2.06. The zero-order valence-corrected chi connectivity index (χ0v) is 15.8. The largest absolute Gasteiger partial charge is 0.416 e. The van der Waals surface area contributed by atoms with E-state index in [1.165, 1.54) is 18.3 Å². The third-order valence-corrected chi connectivity index (χ3v) is 5.62. The predicted octanol–water partition coefficient (Wildman–Crippen LogP) is 2.63. The second-order valence-electron chi connectivity index (χ2n) is 6.33. The van der Waals surface area contributed by atoms with Crippen LogP contribution in [-0.4, -0.2) is 39.7 Å². The summed E-state index contributed by atoms with van der Waals surface area (Å²) in [6, 6.07) is 4.27. The molecule has 0 atom stereocenters. The van der Waals surface area contributed by atoms with Crippen LogP contribution in [0.15, 0.2) is 35.4 Å². The molecule has 1 aliphatic heterocycles.